The first-order valence-electron chi connectivity index (χ1n) is 6.26. The number of hydrogen-bond donors (Lipinski definition) is 1. The van der Waals surface area contributed by atoms with Crippen molar-refractivity contribution in [1.82, 2.24) is 15.0 Å². The van der Waals surface area contributed by atoms with Crippen LogP contribution in [-0.2, 0) is 0 Å². The first-order valence-corrected chi connectivity index (χ1v) is 6.26. The van der Waals surface area contributed by atoms with Gasteiger partial charge in [0.2, 0.25) is 5.76 Å². The van der Waals surface area contributed by atoms with E-state index in [1.807, 2.05) is 0 Å². The van der Waals surface area contributed by atoms with Gasteiger partial charge in [-0.25, -0.2) is 4.79 Å². The van der Waals surface area contributed by atoms with E-state index in [4.69, 9.17) is 5.11 Å². The first kappa shape index (κ1) is 13.5. The summed E-state index contributed by atoms with van der Waals surface area (Å²) in [6.45, 7) is 3.57. The summed E-state index contributed by atoms with van der Waals surface area (Å²) in [7, 11) is 1.67. The fourth-order valence-corrected chi connectivity index (χ4v) is 2.07. The van der Waals surface area contributed by atoms with Crippen molar-refractivity contribution in [2.24, 2.45) is 0 Å². The van der Waals surface area contributed by atoms with E-state index in [0.717, 1.165) is 25.7 Å². The smallest absolute Gasteiger partial charge is 0.374 e. The number of nitrogens with zero attached hydrogens (tertiary/aromatic N) is 3. The third-order valence-corrected chi connectivity index (χ3v) is 3.24. The Labute approximate surface area is 110 Å². The van der Waals surface area contributed by atoms with Crippen LogP contribution in [0.5, 0.6) is 0 Å². The second kappa shape index (κ2) is 5.83. The van der Waals surface area contributed by atoms with E-state index in [0.29, 0.717) is 6.54 Å². The van der Waals surface area contributed by atoms with Crippen molar-refractivity contribution in [2.45, 2.75) is 12.8 Å². The van der Waals surface area contributed by atoms with Crippen molar-refractivity contribution in [1.29, 1.82) is 0 Å². The van der Waals surface area contributed by atoms with Crippen LogP contribution in [0.2, 0.25) is 0 Å². The molecule has 7 nitrogen and oxygen atoms in total. The van der Waals surface area contributed by atoms with E-state index in [2.05, 4.69) is 14.6 Å². The van der Waals surface area contributed by atoms with Gasteiger partial charge in [0.1, 0.15) is 0 Å². The normalized spacial score (nSPS) is 15.6. The van der Waals surface area contributed by atoms with Crippen molar-refractivity contribution in [3.8, 4) is 0 Å². The summed E-state index contributed by atoms with van der Waals surface area (Å²) in [5, 5.41) is 12.2. The predicted octanol–water partition coefficient (Wildman–Crippen LogP) is 0.541. The monoisotopic (exact) mass is 267 g/mol. The standard InChI is InChI=1S/C12H17N3O4/c1-14(6-7-15-4-2-3-5-15)11(16)9-8-10(12(17)18)19-13-9/h8H,2-7H2,1H3,(H,17,18). The molecule has 1 aliphatic rings. The molecule has 1 aromatic rings. The minimum Gasteiger partial charge on any atom is -0.475 e. The molecule has 1 amide bonds. The summed E-state index contributed by atoms with van der Waals surface area (Å²) >= 11 is 0. The van der Waals surface area contributed by atoms with Gasteiger partial charge in [0.25, 0.3) is 5.91 Å². The van der Waals surface area contributed by atoms with E-state index in [1.165, 1.54) is 17.7 Å². The lowest BCUT2D eigenvalue weighted by Gasteiger charge is -2.20. The van der Waals surface area contributed by atoms with Crippen LogP contribution in [0.15, 0.2) is 10.6 Å². The maximum Gasteiger partial charge on any atom is 0.374 e. The van der Waals surface area contributed by atoms with Gasteiger partial charge in [-0.3, -0.25) is 4.79 Å². The Morgan fingerprint density at radius 1 is 1.47 bits per heavy atom. The van der Waals surface area contributed by atoms with Crippen LogP contribution in [0.3, 0.4) is 0 Å². The van der Waals surface area contributed by atoms with Gasteiger partial charge < -0.3 is 19.4 Å². The summed E-state index contributed by atoms with van der Waals surface area (Å²) in [6.07, 6.45) is 2.42. The number of likely N-dealkylation sites (N-methyl/N-ethyl adjacent to an activating group) is 1. The maximum absolute atomic E-state index is 12.0. The minimum absolute atomic E-state index is 0.0290. The van der Waals surface area contributed by atoms with Gasteiger partial charge in [0, 0.05) is 26.2 Å². The summed E-state index contributed by atoms with van der Waals surface area (Å²) < 4.78 is 4.57. The number of rotatable bonds is 5. The zero-order valence-electron chi connectivity index (χ0n) is 10.8. The molecule has 104 valence electrons. The quantitative estimate of drug-likeness (QED) is 0.838. The summed E-state index contributed by atoms with van der Waals surface area (Å²) in [5.74, 6) is -1.88. The molecule has 1 fully saturated rings. The van der Waals surface area contributed by atoms with Crippen LogP contribution in [0.1, 0.15) is 33.9 Å². The number of aromatic carboxylic acids is 1. The van der Waals surface area contributed by atoms with Crippen molar-refractivity contribution in [2.75, 3.05) is 33.2 Å². The molecule has 19 heavy (non-hydrogen) atoms. The van der Waals surface area contributed by atoms with Crippen LogP contribution in [0, 0.1) is 0 Å². The minimum atomic E-state index is -1.23. The van der Waals surface area contributed by atoms with Crippen molar-refractivity contribution < 1.29 is 19.2 Å². The van der Waals surface area contributed by atoms with Crippen LogP contribution in [0.4, 0.5) is 0 Å². The topological polar surface area (TPSA) is 86.9 Å². The summed E-state index contributed by atoms with van der Waals surface area (Å²) in [6, 6.07) is 1.15. The lowest BCUT2D eigenvalue weighted by atomic mass is 10.3. The third kappa shape index (κ3) is 3.31. The summed E-state index contributed by atoms with van der Waals surface area (Å²) in [4.78, 5) is 26.4. The molecule has 0 aliphatic carbocycles. The lowest BCUT2D eigenvalue weighted by molar-refractivity contribution is 0.0649. The molecule has 2 heterocycles. The molecule has 2 rings (SSSR count). The molecular weight excluding hydrogens is 250 g/mol. The second-order valence-electron chi connectivity index (χ2n) is 4.66. The van der Waals surface area contributed by atoms with Gasteiger partial charge >= 0.3 is 5.97 Å². The largest absolute Gasteiger partial charge is 0.475 e. The van der Waals surface area contributed by atoms with Gasteiger partial charge in [-0.2, -0.15) is 0 Å². The lowest BCUT2D eigenvalue weighted by Crippen LogP contribution is -2.35. The molecule has 7 heteroatoms. The van der Waals surface area contributed by atoms with E-state index in [9.17, 15) is 9.59 Å². The molecular formula is C12H17N3O4. The Bertz CT molecular complexity index is 465. The summed E-state index contributed by atoms with van der Waals surface area (Å²) in [5.41, 5.74) is 0.0290. The highest BCUT2D eigenvalue weighted by atomic mass is 16.5. The number of carbonyl (C=O) groups excluding carboxylic acids is 1. The van der Waals surface area contributed by atoms with Crippen LogP contribution < -0.4 is 0 Å². The van der Waals surface area contributed by atoms with E-state index < -0.39 is 5.97 Å². The second-order valence-corrected chi connectivity index (χ2v) is 4.66. The highest BCUT2D eigenvalue weighted by Crippen LogP contribution is 2.09. The number of carboxylic acids is 1. The molecule has 0 atom stereocenters. The molecule has 0 spiro atoms. The van der Waals surface area contributed by atoms with E-state index >= 15 is 0 Å². The number of aromatic nitrogens is 1. The molecule has 0 radical (unpaired) electrons. The Balaban J connectivity index is 1.88. The molecule has 1 saturated heterocycles. The molecule has 0 unspecified atom stereocenters. The molecule has 0 saturated carbocycles. The van der Waals surface area contributed by atoms with Crippen LogP contribution in [0.25, 0.3) is 0 Å². The van der Waals surface area contributed by atoms with Crippen LogP contribution in [-0.4, -0.2) is 65.2 Å². The van der Waals surface area contributed by atoms with Gasteiger partial charge in [-0.15, -0.1) is 0 Å². The Morgan fingerprint density at radius 2 is 2.16 bits per heavy atom. The Hall–Kier alpha value is -1.89. The zero-order valence-corrected chi connectivity index (χ0v) is 10.8. The fraction of sp³-hybridized carbons (Fsp3) is 0.583. The maximum atomic E-state index is 12.0. The Morgan fingerprint density at radius 3 is 2.74 bits per heavy atom. The molecule has 1 N–H and O–H groups in total. The van der Waals surface area contributed by atoms with Gasteiger partial charge in [0.05, 0.1) is 0 Å². The van der Waals surface area contributed by atoms with Crippen molar-refractivity contribution >= 4 is 11.9 Å². The number of hydrogen-bond acceptors (Lipinski definition) is 5. The number of carboxylic acid groups (broad SMARTS) is 1. The number of carbonyl (C=O) groups is 2. The molecule has 1 aromatic heterocycles. The van der Waals surface area contributed by atoms with E-state index in [1.54, 1.807) is 7.05 Å². The van der Waals surface area contributed by atoms with E-state index in [-0.39, 0.29) is 17.4 Å². The Kier molecular flexibility index (Phi) is 4.16. The fourth-order valence-electron chi connectivity index (χ4n) is 2.07. The highest BCUT2D eigenvalue weighted by molar-refractivity contribution is 5.94. The third-order valence-electron chi connectivity index (χ3n) is 3.24. The van der Waals surface area contributed by atoms with Gasteiger partial charge in [-0.05, 0) is 25.9 Å². The van der Waals surface area contributed by atoms with Crippen LogP contribution >= 0.6 is 0 Å². The first-order chi connectivity index (χ1) is 9.08. The number of amides is 1. The number of likely N-dealkylation sites (tertiary alicyclic amines) is 1. The van der Waals surface area contributed by atoms with Crippen molar-refractivity contribution in [3.05, 3.63) is 17.5 Å². The van der Waals surface area contributed by atoms with Crippen molar-refractivity contribution in [3.63, 3.8) is 0 Å². The highest BCUT2D eigenvalue weighted by Gasteiger charge is 2.20. The average Bonchev–Trinajstić information content (AvgIpc) is 3.05. The zero-order chi connectivity index (χ0) is 13.8. The predicted molar refractivity (Wildman–Crippen MR) is 66.1 cm³/mol. The molecule has 0 bridgehead atoms. The van der Waals surface area contributed by atoms with Gasteiger partial charge in [0.15, 0.2) is 5.69 Å². The average molecular weight is 267 g/mol. The van der Waals surface area contributed by atoms with Gasteiger partial charge in [-0.1, -0.05) is 5.16 Å². The SMILES string of the molecule is CN(CCN1CCCC1)C(=O)c1cc(C(=O)O)on1. The molecule has 1 aliphatic heterocycles. The molecule has 0 aromatic carbocycles.